The molecule has 0 bridgehead atoms. The number of carboxylic acids is 1. The third kappa shape index (κ3) is 2.93. The summed E-state index contributed by atoms with van der Waals surface area (Å²) in [6.45, 7) is 0.627. The lowest BCUT2D eigenvalue weighted by Crippen LogP contribution is -2.42. The molecule has 0 aliphatic carbocycles. The zero-order valence-electron chi connectivity index (χ0n) is 10.7. The van der Waals surface area contributed by atoms with Crippen LogP contribution in [-0.2, 0) is 4.79 Å². The first-order valence-corrected chi connectivity index (χ1v) is 6.25. The third-order valence-electron chi connectivity index (χ3n) is 3.36. The summed E-state index contributed by atoms with van der Waals surface area (Å²) in [5.74, 6) is -1.84. The Kier molecular flexibility index (Phi) is 3.97. The minimum absolute atomic E-state index is 0.150. The van der Waals surface area contributed by atoms with Gasteiger partial charge in [-0.1, -0.05) is 6.07 Å². The minimum atomic E-state index is -0.915. The highest BCUT2D eigenvalue weighted by molar-refractivity contribution is 5.95. The summed E-state index contributed by atoms with van der Waals surface area (Å²) in [7, 11) is 0. The summed E-state index contributed by atoms with van der Waals surface area (Å²) in [5, 5.41) is 19.7. The van der Waals surface area contributed by atoms with E-state index in [1.807, 2.05) is 0 Å². The number of nitrogens with zero attached hydrogens (tertiary/aromatic N) is 2. The number of hydrogen-bond acceptors (Lipinski definition) is 4. The Bertz CT molecular complexity index is 557. The van der Waals surface area contributed by atoms with Gasteiger partial charge in [0.1, 0.15) is 0 Å². The Labute approximate surface area is 115 Å². The van der Waals surface area contributed by atoms with Crippen molar-refractivity contribution in [3.8, 4) is 0 Å². The number of carbonyl (C=O) groups is 2. The van der Waals surface area contributed by atoms with E-state index in [0.29, 0.717) is 19.4 Å². The van der Waals surface area contributed by atoms with Gasteiger partial charge in [0, 0.05) is 30.8 Å². The number of hydrogen-bond donors (Lipinski definition) is 1. The topological polar surface area (TPSA) is 101 Å². The van der Waals surface area contributed by atoms with Crippen LogP contribution in [0.15, 0.2) is 24.3 Å². The predicted molar refractivity (Wildman–Crippen MR) is 69.4 cm³/mol. The van der Waals surface area contributed by atoms with Crippen molar-refractivity contribution in [2.45, 2.75) is 12.8 Å². The molecule has 0 saturated carbocycles. The van der Waals surface area contributed by atoms with E-state index in [1.165, 1.54) is 29.2 Å². The van der Waals surface area contributed by atoms with E-state index in [4.69, 9.17) is 5.11 Å². The molecule has 0 spiro atoms. The second-order valence-electron chi connectivity index (χ2n) is 4.74. The normalized spacial score (nSPS) is 18.6. The zero-order valence-corrected chi connectivity index (χ0v) is 10.7. The van der Waals surface area contributed by atoms with Crippen molar-refractivity contribution >= 4 is 17.6 Å². The number of rotatable bonds is 3. The van der Waals surface area contributed by atoms with Crippen molar-refractivity contribution in [1.82, 2.24) is 4.90 Å². The minimum Gasteiger partial charge on any atom is -0.481 e. The Morgan fingerprint density at radius 3 is 2.80 bits per heavy atom. The van der Waals surface area contributed by atoms with Gasteiger partial charge in [-0.05, 0) is 18.9 Å². The molecule has 1 atom stereocenters. The molecule has 1 heterocycles. The van der Waals surface area contributed by atoms with E-state index in [-0.39, 0.29) is 23.7 Å². The highest BCUT2D eigenvalue weighted by Gasteiger charge is 2.29. The fourth-order valence-electron chi connectivity index (χ4n) is 2.30. The van der Waals surface area contributed by atoms with E-state index in [2.05, 4.69) is 0 Å². The van der Waals surface area contributed by atoms with E-state index in [1.54, 1.807) is 0 Å². The average molecular weight is 278 g/mol. The van der Waals surface area contributed by atoms with Crippen LogP contribution in [0.2, 0.25) is 0 Å². The number of piperidine rings is 1. The van der Waals surface area contributed by atoms with Gasteiger partial charge in [0.25, 0.3) is 11.6 Å². The molecule has 20 heavy (non-hydrogen) atoms. The molecule has 1 aromatic carbocycles. The zero-order chi connectivity index (χ0) is 14.7. The maximum Gasteiger partial charge on any atom is 0.308 e. The second-order valence-corrected chi connectivity index (χ2v) is 4.74. The molecule has 0 aromatic heterocycles. The highest BCUT2D eigenvalue weighted by Crippen LogP contribution is 2.20. The summed E-state index contributed by atoms with van der Waals surface area (Å²) in [6.07, 6.45) is 1.17. The Morgan fingerprint density at radius 2 is 2.15 bits per heavy atom. The number of nitro benzene ring substituents is 1. The van der Waals surface area contributed by atoms with Gasteiger partial charge < -0.3 is 10.0 Å². The molecule has 0 radical (unpaired) electrons. The standard InChI is InChI=1S/C13H14N2O5/c16-12(9-3-1-5-11(7-9)15(19)20)14-6-2-4-10(8-14)13(17)18/h1,3,5,7,10H,2,4,6,8H2,(H,17,18)/t10-/m0/s1. The first-order chi connectivity index (χ1) is 9.49. The molecule has 1 N–H and O–H groups in total. The van der Waals surface area contributed by atoms with Gasteiger partial charge in [0.2, 0.25) is 0 Å². The third-order valence-corrected chi connectivity index (χ3v) is 3.36. The van der Waals surface area contributed by atoms with Crippen LogP contribution in [0.25, 0.3) is 0 Å². The maximum absolute atomic E-state index is 12.3. The molecule has 2 rings (SSSR count). The molecule has 7 heteroatoms. The average Bonchev–Trinajstić information content (AvgIpc) is 2.46. The fraction of sp³-hybridized carbons (Fsp3) is 0.385. The largest absolute Gasteiger partial charge is 0.481 e. The first-order valence-electron chi connectivity index (χ1n) is 6.25. The van der Waals surface area contributed by atoms with E-state index >= 15 is 0 Å². The molecule has 1 aromatic rings. The maximum atomic E-state index is 12.3. The number of likely N-dealkylation sites (tertiary alicyclic amines) is 1. The number of benzene rings is 1. The van der Waals surface area contributed by atoms with Crippen molar-refractivity contribution in [1.29, 1.82) is 0 Å². The lowest BCUT2D eigenvalue weighted by molar-refractivity contribution is -0.384. The second kappa shape index (κ2) is 5.68. The van der Waals surface area contributed by atoms with Crippen LogP contribution < -0.4 is 0 Å². The summed E-state index contributed by atoms with van der Waals surface area (Å²) in [6, 6.07) is 5.48. The number of amides is 1. The molecule has 1 aliphatic rings. The van der Waals surface area contributed by atoms with Gasteiger partial charge in [0.15, 0.2) is 0 Å². The Morgan fingerprint density at radius 1 is 1.40 bits per heavy atom. The summed E-state index contributed by atoms with van der Waals surface area (Å²) >= 11 is 0. The highest BCUT2D eigenvalue weighted by atomic mass is 16.6. The van der Waals surface area contributed by atoms with Gasteiger partial charge in [-0.15, -0.1) is 0 Å². The number of non-ortho nitro benzene ring substituents is 1. The van der Waals surface area contributed by atoms with E-state index < -0.39 is 16.8 Å². The molecule has 1 aliphatic heterocycles. The van der Waals surface area contributed by atoms with Crippen LogP contribution in [-0.4, -0.2) is 39.9 Å². The number of aliphatic carboxylic acids is 1. The van der Waals surface area contributed by atoms with Gasteiger partial charge in [0.05, 0.1) is 10.8 Å². The fourth-order valence-corrected chi connectivity index (χ4v) is 2.30. The quantitative estimate of drug-likeness (QED) is 0.667. The first kappa shape index (κ1) is 14.0. The van der Waals surface area contributed by atoms with Gasteiger partial charge >= 0.3 is 5.97 Å². The van der Waals surface area contributed by atoms with E-state index in [0.717, 1.165) is 0 Å². The van der Waals surface area contributed by atoms with Crippen LogP contribution in [0.1, 0.15) is 23.2 Å². The summed E-state index contributed by atoms with van der Waals surface area (Å²) in [5.41, 5.74) is 0.0629. The van der Waals surface area contributed by atoms with Crippen molar-refractivity contribution < 1.29 is 19.6 Å². The van der Waals surface area contributed by atoms with Gasteiger partial charge in [-0.3, -0.25) is 19.7 Å². The number of carboxylic acid groups (broad SMARTS) is 1. The lowest BCUT2D eigenvalue weighted by atomic mass is 9.97. The van der Waals surface area contributed by atoms with Crippen molar-refractivity contribution in [2.24, 2.45) is 5.92 Å². The van der Waals surface area contributed by atoms with Crippen molar-refractivity contribution in [3.63, 3.8) is 0 Å². The SMILES string of the molecule is O=C(O)[C@H]1CCCN(C(=O)c2cccc([N+](=O)[O-])c2)C1. The Hall–Kier alpha value is -2.44. The molecule has 106 valence electrons. The van der Waals surface area contributed by atoms with Gasteiger partial charge in [-0.25, -0.2) is 0 Å². The molecule has 0 unspecified atom stereocenters. The summed E-state index contributed by atoms with van der Waals surface area (Å²) in [4.78, 5) is 34.8. The monoisotopic (exact) mass is 278 g/mol. The molecule has 1 saturated heterocycles. The summed E-state index contributed by atoms with van der Waals surface area (Å²) < 4.78 is 0. The molecular weight excluding hydrogens is 264 g/mol. The van der Waals surface area contributed by atoms with E-state index in [9.17, 15) is 19.7 Å². The molecule has 1 fully saturated rings. The number of nitro groups is 1. The molecule has 1 amide bonds. The van der Waals surface area contributed by atoms with Crippen LogP contribution in [0.5, 0.6) is 0 Å². The number of carbonyl (C=O) groups excluding carboxylic acids is 1. The Balaban J connectivity index is 2.16. The van der Waals surface area contributed by atoms with Crippen LogP contribution in [0.3, 0.4) is 0 Å². The smallest absolute Gasteiger partial charge is 0.308 e. The lowest BCUT2D eigenvalue weighted by Gasteiger charge is -2.30. The van der Waals surface area contributed by atoms with Gasteiger partial charge in [-0.2, -0.15) is 0 Å². The molecular formula is C13H14N2O5. The molecule has 7 nitrogen and oxygen atoms in total. The van der Waals surface area contributed by atoms with Crippen LogP contribution >= 0.6 is 0 Å². The van der Waals surface area contributed by atoms with Crippen LogP contribution in [0, 0.1) is 16.0 Å². The predicted octanol–water partition coefficient (Wildman–Crippen LogP) is 1.53. The van der Waals surface area contributed by atoms with Crippen molar-refractivity contribution in [3.05, 3.63) is 39.9 Å². The van der Waals surface area contributed by atoms with Crippen LogP contribution in [0.4, 0.5) is 5.69 Å². The van der Waals surface area contributed by atoms with Crippen molar-refractivity contribution in [2.75, 3.05) is 13.1 Å².